The zero-order valence-electron chi connectivity index (χ0n) is 16.5. The summed E-state index contributed by atoms with van der Waals surface area (Å²) in [5, 5.41) is 0. The van der Waals surface area contributed by atoms with E-state index in [1.165, 1.54) is 0 Å². The van der Waals surface area contributed by atoms with E-state index in [-0.39, 0.29) is 0 Å². The molecule has 1 nitrogen and oxygen atoms in total. The minimum Gasteiger partial charge on any atom is -0.398 e. The Morgan fingerprint density at radius 2 is 1.21 bits per heavy atom. The van der Waals surface area contributed by atoms with Gasteiger partial charge in [0.15, 0.2) is 0 Å². The van der Waals surface area contributed by atoms with Gasteiger partial charge in [-0.05, 0) is 41.2 Å². The van der Waals surface area contributed by atoms with Crippen molar-refractivity contribution in [3.8, 4) is 74.1 Å². The van der Waals surface area contributed by atoms with E-state index in [2.05, 4.69) is 35.5 Å². The minimum absolute atomic E-state index is 0.367. The van der Waals surface area contributed by atoms with E-state index in [0.717, 1.165) is 27.8 Å². The SMILES string of the molecule is C#CCCc1c(N)c(C(CC#C)(CC#C)CC#C)c(CC#C)c(C)c1CC#C. The van der Waals surface area contributed by atoms with Crippen LogP contribution in [-0.2, 0) is 24.7 Å². The second-order valence-electron chi connectivity index (χ2n) is 6.74. The van der Waals surface area contributed by atoms with Gasteiger partial charge in [-0.1, -0.05) is 0 Å². The average Bonchev–Trinajstić information content (AvgIpc) is 2.66. The van der Waals surface area contributed by atoms with Crippen molar-refractivity contribution in [1.29, 1.82) is 0 Å². The Hall–Kier alpha value is -3.62. The number of terminal acetylenes is 6. The Balaban J connectivity index is 4.08. The molecule has 0 amide bonds. The first-order chi connectivity index (χ1) is 13.5. The predicted octanol–water partition coefficient (Wildman–Crippen LogP) is 3.80. The summed E-state index contributed by atoms with van der Waals surface area (Å²) in [6.45, 7) is 2.01. The van der Waals surface area contributed by atoms with Gasteiger partial charge in [-0.15, -0.1) is 74.1 Å². The molecule has 0 atom stereocenters. The monoisotopic (exact) mass is 363 g/mol. The van der Waals surface area contributed by atoms with Gasteiger partial charge >= 0.3 is 0 Å². The van der Waals surface area contributed by atoms with Crippen LogP contribution in [0.1, 0.15) is 53.5 Å². The summed E-state index contributed by atoms with van der Waals surface area (Å²) in [6.07, 6.45) is 37.0. The highest BCUT2D eigenvalue weighted by molar-refractivity contribution is 5.68. The van der Waals surface area contributed by atoms with Crippen LogP contribution >= 0.6 is 0 Å². The smallest absolute Gasteiger partial charge is 0.0392 e. The molecule has 1 heteroatoms. The van der Waals surface area contributed by atoms with Crippen molar-refractivity contribution in [1.82, 2.24) is 0 Å². The second-order valence-corrected chi connectivity index (χ2v) is 6.74. The third-order valence-electron chi connectivity index (χ3n) is 5.09. The van der Waals surface area contributed by atoms with Crippen molar-refractivity contribution >= 4 is 5.69 Å². The van der Waals surface area contributed by atoms with Crippen LogP contribution in [0, 0.1) is 81.0 Å². The molecule has 0 saturated heterocycles. The lowest BCUT2D eigenvalue weighted by atomic mass is 9.67. The standard InChI is InChI=1S/C27H25N/c1-8-14-17-24-22(15-9-2)21(7)23(16-10-3)25(26(24)28)27(18-11-4,19-12-5)20-13-6/h1-6H,14-20,28H2,7H3. The molecular formula is C27H25N. The van der Waals surface area contributed by atoms with Crippen molar-refractivity contribution in [3.63, 3.8) is 0 Å². The van der Waals surface area contributed by atoms with Gasteiger partial charge in [0.25, 0.3) is 0 Å². The molecule has 0 radical (unpaired) electrons. The summed E-state index contributed by atoms with van der Waals surface area (Å²) >= 11 is 0. The first-order valence-corrected chi connectivity index (χ1v) is 9.01. The molecule has 0 spiro atoms. The van der Waals surface area contributed by atoms with Crippen LogP contribution in [0.3, 0.4) is 0 Å². The number of hydrogen-bond donors (Lipinski definition) is 1. The molecule has 0 heterocycles. The van der Waals surface area contributed by atoms with E-state index in [0.29, 0.717) is 50.6 Å². The maximum Gasteiger partial charge on any atom is 0.0392 e. The van der Waals surface area contributed by atoms with E-state index < -0.39 is 5.41 Å². The summed E-state index contributed by atoms with van der Waals surface area (Å²) < 4.78 is 0. The molecule has 0 aromatic heterocycles. The molecule has 0 bridgehead atoms. The normalized spacial score (nSPS) is 9.82. The lowest BCUT2D eigenvalue weighted by Crippen LogP contribution is -2.30. The Labute approximate surface area is 170 Å². The zero-order valence-corrected chi connectivity index (χ0v) is 16.5. The summed E-state index contributed by atoms with van der Waals surface area (Å²) in [7, 11) is 0. The van der Waals surface area contributed by atoms with Gasteiger partial charge in [-0.3, -0.25) is 0 Å². The van der Waals surface area contributed by atoms with Crippen molar-refractivity contribution in [2.75, 3.05) is 5.73 Å². The van der Waals surface area contributed by atoms with Crippen LogP contribution in [0.2, 0.25) is 0 Å². The molecule has 0 aliphatic rings. The molecule has 1 rings (SSSR count). The second kappa shape index (κ2) is 10.5. The van der Waals surface area contributed by atoms with E-state index in [1.54, 1.807) is 0 Å². The third kappa shape index (κ3) is 4.37. The molecule has 0 saturated carbocycles. The molecule has 0 aliphatic heterocycles. The van der Waals surface area contributed by atoms with Gasteiger partial charge in [0.2, 0.25) is 0 Å². The van der Waals surface area contributed by atoms with E-state index >= 15 is 0 Å². The van der Waals surface area contributed by atoms with Crippen molar-refractivity contribution in [3.05, 3.63) is 27.8 Å². The number of benzene rings is 1. The molecule has 1 aromatic carbocycles. The van der Waals surface area contributed by atoms with Gasteiger partial charge in [-0.2, -0.15) is 0 Å². The van der Waals surface area contributed by atoms with Crippen LogP contribution in [-0.4, -0.2) is 0 Å². The fraction of sp³-hybridized carbons (Fsp3) is 0.333. The Morgan fingerprint density at radius 3 is 1.64 bits per heavy atom. The Kier molecular flexibility index (Phi) is 8.42. The maximum atomic E-state index is 6.72. The van der Waals surface area contributed by atoms with Crippen LogP contribution in [0.25, 0.3) is 0 Å². The van der Waals surface area contributed by atoms with Gasteiger partial charge < -0.3 is 5.73 Å². The summed E-state index contributed by atoms with van der Waals surface area (Å²) in [6, 6.07) is 0. The number of hydrogen-bond acceptors (Lipinski definition) is 1. The van der Waals surface area contributed by atoms with Crippen LogP contribution in [0.15, 0.2) is 0 Å². The van der Waals surface area contributed by atoms with Gasteiger partial charge in [0.1, 0.15) is 0 Å². The third-order valence-corrected chi connectivity index (χ3v) is 5.09. The molecule has 2 N–H and O–H groups in total. The number of anilines is 1. The molecule has 1 aromatic rings. The lowest BCUT2D eigenvalue weighted by Gasteiger charge is -2.35. The van der Waals surface area contributed by atoms with E-state index in [1.807, 2.05) is 6.92 Å². The maximum absolute atomic E-state index is 6.72. The van der Waals surface area contributed by atoms with E-state index in [4.69, 9.17) is 44.3 Å². The van der Waals surface area contributed by atoms with Gasteiger partial charge in [-0.25, -0.2) is 0 Å². The highest BCUT2D eigenvalue weighted by Gasteiger charge is 2.36. The highest BCUT2D eigenvalue weighted by Crippen LogP contribution is 2.44. The Bertz CT molecular complexity index is 938. The predicted molar refractivity (Wildman–Crippen MR) is 120 cm³/mol. The topological polar surface area (TPSA) is 26.0 Å². The summed E-state index contributed by atoms with van der Waals surface area (Å²) in [5.74, 6) is 16.3. The molecule has 0 aliphatic carbocycles. The fourth-order valence-corrected chi connectivity index (χ4v) is 3.86. The number of nitrogens with two attached hydrogens (primary N) is 1. The average molecular weight is 364 g/mol. The first-order valence-electron chi connectivity index (χ1n) is 9.01. The summed E-state index contributed by atoms with van der Waals surface area (Å²) in [5.41, 5.74) is 11.5. The van der Waals surface area contributed by atoms with Gasteiger partial charge in [0.05, 0.1) is 0 Å². The minimum atomic E-state index is -0.640. The molecular weight excluding hydrogens is 338 g/mol. The van der Waals surface area contributed by atoms with Gasteiger partial charge in [0, 0.05) is 49.6 Å². The largest absolute Gasteiger partial charge is 0.398 e. The molecule has 0 unspecified atom stereocenters. The van der Waals surface area contributed by atoms with Crippen LogP contribution in [0.4, 0.5) is 5.69 Å². The highest BCUT2D eigenvalue weighted by atomic mass is 14.6. The van der Waals surface area contributed by atoms with E-state index in [9.17, 15) is 0 Å². The van der Waals surface area contributed by atoms with Crippen molar-refractivity contribution in [2.24, 2.45) is 0 Å². The Morgan fingerprint density at radius 1 is 0.714 bits per heavy atom. The molecule has 0 fully saturated rings. The summed E-state index contributed by atoms with van der Waals surface area (Å²) in [4.78, 5) is 0. The zero-order chi connectivity index (χ0) is 21.2. The molecule has 28 heavy (non-hydrogen) atoms. The van der Waals surface area contributed by atoms with Crippen molar-refractivity contribution < 1.29 is 0 Å². The fourth-order valence-electron chi connectivity index (χ4n) is 3.86. The van der Waals surface area contributed by atoms with Crippen LogP contribution in [0.5, 0.6) is 0 Å². The number of nitrogen functional groups attached to an aromatic ring is 1. The lowest BCUT2D eigenvalue weighted by molar-refractivity contribution is 0.459. The number of rotatable bonds is 8. The molecule has 138 valence electrons. The van der Waals surface area contributed by atoms with Crippen molar-refractivity contribution in [2.45, 2.75) is 57.3 Å². The first kappa shape index (κ1) is 22.4. The van der Waals surface area contributed by atoms with Crippen LogP contribution < -0.4 is 5.73 Å². The quantitative estimate of drug-likeness (QED) is 0.552.